The summed E-state index contributed by atoms with van der Waals surface area (Å²) in [4.78, 5) is 4.73. The zero-order chi connectivity index (χ0) is 14.9. The van der Waals surface area contributed by atoms with Gasteiger partial charge in [0, 0.05) is 10.6 Å². The van der Waals surface area contributed by atoms with Crippen LogP contribution in [-0.2, 0) is 0 Å². The molecule has 0 aliphatic carbocycles. The second-order valence-electron chi connectivity index (χ2n) is 5.07. The standard InChI is InChI=1S/C19H12ClNS/c20-16-10-8-13(9-11-16)14-4-3-5-15(12-14)19-21-17-6-1-2-7-18(17)22-19/h1-12H. The van der Waals surface area contributed by atoms with Crippen LogP contribution >= 0.6 is 22.9 Å². The van der Waals surface area contributed by atoms with Crippen molar-refractivity contribution in [2.75, 3.05) is 0 Å². The van der Waals surface area contributed by atoms with Gasteiger partial charge < -0.3 is 0 Å². The number of fused-ring (bicyclic) bond motifs is 1. The minimum atomic E-state index is 0.756. The van der Waals surface area contributed by atoms with Crippen molar-refractivity contribution in [1.29, 1.82) is 0 Å². The number of hydrogen-bond donors (Lipinski definition) is 0. The maximum Gasteiger partial charge on any atom is 0.124 e. The van der Waals surface area contributed by atoms with Gasteiger partial charge in [0.2, 0.25) is 0 Å². The average Bonchev–Trinajstić information content (AvgIpc) is 3.00. The van der Waals surface area contributed by atoms with Gasteiger partial charge in [0.15, 0.2) is 0 Å². The van der Waals surface area contributed by atoms with E-state index in [2.05, 4.69) is 42.5 Å². The van der Waals surface area contributed by atoms with Crippen molar-refractivity contribution in [3.05, 3.63) is 77.8 Å². The molecule has 0 atom stereocenters. The number of halogens is 1. The molecule has 3 aromatic carbocycles. The highest BCUT2D eigenvalue weighted by molar-refractivity contribution is 7.21. The molecule has 0 aliphatic heterocycles. The molecule has 0 N–H and O–H groups in total. The van der Waals surface area contributed by atoms with Crippen molar-refractivity contribution in [2.24, 2.45) is 0 Å². The van der Waals surface area contributed by atoms with Gasteiger partial charge in [0.25, 0.3) is 0 Å². The molecule has 0 amide bonds. The molecule has 0 radical (unpaired) electrons. The molecule has 22 heavy (non-hydrogen) atoms. The summed E-state index contributed by atoms with van der Waals surface area (Å²) in [5.41, 5.74) is 4.54. The Hall–Kier alpha value is -2.16. The SMILES string of the molecule is Clc1ccc(-c2cccc(-c3nc4ccccc4s3)c2)cc1. The lowest BCUT2D eigenvalue weighted by Crippen LogP contribution is -1.80. The fourth-order valence-corrected chi connectivity index (χ4v) is 3.56. The maximum absolute atomic E-state index is 5.96. The Bertz CT molecular complexity index is 908. The molecule has 0 aliphatic rings. The lowest BCUT2D eigenvalue weighted by Gasteiger charge is -2.04. The Labute approximate surface area is 137 Å². The van der Waals surface area contributed by atoms with Crippen molar-refractivity contribution in [3.8, 4) is 21.7 Å². The molecule has 4 aromatic rings. The molecule has 1 heterocycles. The van der Waals surface area contributed by atoms with Gasteiger partial charge >= 0.3 is 0 Å². The van der Waals surface area contributed by atoms with E-state index >= 15 is 0 Å². The number of hydrogen-bond acceptors (Lipinski definition) is 2. The van der Waals surface area contributed by atoms with E-state index in [9.17, 15) is 0 Å². The van der Waals surface area contributed by atoms with Crippen LogP contribution in [0.5, 0.6) is 0 Å². The summed E-state index contributed by atoms with van der Waals surface area (Å²) in [5.74, 6) is 0. The molecular formula is C19H12ClNS. The first-order valence-corrected chi connectivity index (χ1v) is 8.21. The van der Waals surface area contributed by atoms with Gasteiger partial charge in [0.1, 0.15) is 5.01 Å². The highest BCUT2D eigenvalue weighted by Crippen LogP contribution is 2.32. The minimum Gasteiger partial charge on any atom is -0.236 e. The largest absolute Gasteiger partial charge is 0.236 e. The average molecular weight is 322 g/mol. The van der Waals surface area contributed by atoms with Crippen LogP contribution < -0.4 is 0 Å². The first-order valence-electron chi connectivity index (χ1n) is 7.01. The molecule has 0 unspecified atom stereocenters. The van der Waals surface area contributed by atoms with Crippen LogP contribution in [0.25, 0.3) is 31.9 Å². The van der Waals surface area contributed by atoms with Gasteiger partial charge in [-0.25, -0.2) is 4.98 Å². The Morgan fingerprint density at radius 2 is 1.50 bits per heavy atom. The Morgan fingerprint density at radius 3 is 2.32 bits per heavy atom. The van der Waals surface area contributed by atoms with Gasteiger partial charge in [-0.2, -0.15) is 0 Å². The lowest BCUT2D eigenvalue weighted by molar-refractivity contribution is 1.47. The first-order chi connectivity index (χ1) is 10.8. The van der Waals surface area contributed by atoms with Crippen molar-refractivity contribution < 1.29 is 0 Å². The van der Waals surface area contributed by atoms with Crippen molar-refractivity contribution in [1.82, 2.24) is 4.98 Å². The Kier molecular flexibility index (Phi) is 3.41. The highest BCUT2D eigenvalue weighted by Gasteiger charge is 2.07. The topological polar surface area (TPSA) is 12.9 Å². The third-order valence-electron chi connectivity index (χ3n) is 3.58. The van der Waals surface area contributed by atoms with E-state index in [4.69, 9.17) is 16.6 Å². The fourth-order valence-electron chi connectivity index (χ4n) is 2.47. The van der Waals surface area contributed by atoms with Crippen LogP contribution in [0.2, 0.25) is 5.02 Å². The molecule has 0 bridgehead atoms. The summed E-state index contributed by atoms with van der Waals surface area (Å²) in [5, 5.41) is 1.81. The normalized spacial score (nSPS) is 11.0. The van der Waals surface area contributed by atoms with E-state index in [-0.39, 0.29) is 0 Å². The summed E-state index contributed by atoms with van der Waals surface area (Å²) in [6, 6.07) is 24.6. The number of benzene rings is 3. The van der Waals surface area contributed by atoms with Gasteiger partial charge in [-0.1, -0.05) is 54.1 Å². The van der Waals surface area contributed by atoms with E-state index < -0.39 is 0 Å². The summed E-state index contributed by atoms with van der Waals surface area (Å²) < 4.78 is 1.22. The molecular weight excluding hydrogens is 310 g/mol. The van der Waals surface area contributed by atoms with Gasteiger partial charge in [-0.15, -0.1) is 11.3 Å². The van der Waals surface area contributed by atoms with Crippen LogP contribution in [0.4, 0.5) is 0 Å². The molecule has 1 nitrogen and oxygen atoms in total. The quantitative estimate of drug-likeness (QED) is 0.423. The monoisotopic (exact) mass is 321 g/mol. The van der Waals surface area contributed by atoms with Gasteiger partial charge in [0.05, 0.1) is 10.2 Å². The smallest absolute Gasteiger partial charge is 0.124 e. The zero-order valence-corrected chi connectivity index (χ0v) is 13.2. The first kappa shape index (κ1) is 13.5. The molecule has 0 saturated carbocycles. The summed E-state index contributed by atoms with van der Waals surface area (Å²) in [6.45, 7) is 0. The fraction of sp³-hybridized carbons (Fsp3) is 0. The second kappa shape index (κ2) is 5.56. The van der Waals surface area contributed by atoms with Crippen molar-refractivity contribution in [2.45, 2.75) is 0 Å². The van der Waals surface area contributed by atoms with E-state index in [1.807, 2.05) is 30.3 Å². The predicted molar refractivity (Wildman–Crippen MR) is 95.5 cm³/mol. The maximum atomic E-state index is 5.96. The lowest BCUT2D eigenvalue weighted by atomic mass is 10.0. The summed E-state index contributed by atoms with van der Waals surface area (Å²) in [7, 11) is 0. The van der Waals surface area contributed by atoms with Crippen LogP contribution in [-0.4, -0.2) is 4.98 Å². The van der Waals surface area contributed by atoms with Crippen molar-refractivity contribution >= 4 is 33.2 Å². The van der Waals surface area contributed by atoms with Crippen LogP contribution in [0, 0.1) is 0 Å². The summed E-state index contributed by atoms with van der Waals surface area (Å²) >= 11 is 7.69. The van der Waals surface area contributed by atoms with Crippen LogP contribution in [0.3, 0.4) is 0 Å². The van der Waals surface area contributed by atoms with E-state index in [0.29, 0.717) is 0 Å². The van der Waals surface area contributed by atoms with Crippen LogP contribution in [0.1, 0.15) is 0 Å². The number of aromatic nitrogens is 1. The molecule has 0 fully saturated rings. The summed E-state index contributed by atoms with van der Waals surface area (Å²) in [6.07, 6.45) is 0. The number of nitrogens with zero attached hydrogens (tertiary/aromatic N) is 1. The number of rotatable bonds is 2. The van der Waals surface area contributed by atoms with E-state index in [0.717, 1.165) is 26.7 Å². The molecule has 0 saturated heterocycles. The molecule has 4 rings (SSSR count). The molecule has 0 spiro atoms. The Morgan fingerprint density at radius 1 is 0.727 bits per heavy atom. The Balaban J connectivity index is 1.79. The third-order valence-corrected chi connectivity index (χ3v) is 4.92. The van der Waals surface area contributed by atoms with Crippen LogP contribution in [0.15, 0.2) is 72.8 Å². The van der Waals surface area contributed by atoms with E-state index in [1.165, 1.54) is 10.3 Å². The minimum absolute atomic E-state index is 0.756. The van der Waals surface area contributed by atoms with Gasteiger partial charge in [-0.3, -0.25) is 0 Å². The third kappa shape index (κ3) is 2.52. The highest BCUT2D eigenvalue weighted by atomic mass is 35.5. The molecule has 3 heteroatoms. The number of thiazole rings is 1. The van der Waals surface area contributed by atoms with Gasteiger partial charge in [-0.05, 0) is 41.5 Å². The predicted octanol–water partition coefficient (Wildman–Crippen LogP) is 6.28. The second-order valence-corrected chi connectivity index (χ2v) is 6.54. The van der Waals surface area contributed by atoms with Crippen molar-refractivity contribution in [3.63, 3.8) is 0 Å². The zero-order valence-electron chi connectivity index (χ0n) is 11.7. The molecule has 1 aromatic heterocycles. The van der Waals surface area contributed by atoms with E-state index in [1.54, 1.807) is 11.3 Å². The molecule has 106 valence electrons. The number of para-hydroxylation sites is 1.